The van der Waals surface area contributed by atoms with E-state index in [2.05, 4.69) is 4.72 Å². The number of nitrogens with zero attached hydrogens (tertiary/aromatic N) is 1. The first-order valence-corrected chi connectivity index (χ1v) is 11.2. The van der Waals surface area contributed by atoms with Gasteiger partial charge in [-0.3, -0.25) is 4.79 Å². The zero-order valence-corrected chi connectivity index (χ0v) is 17.1. The second-order valence-corrected chi connectivity index (χ2v) is 8.76. The number of sulfonamides is 1. The van der Waals surface area contributed by atoms with Gasteiger partial charge in [-0.2, -0.15) is 16.5 Å². The van der Waals surface area contributed by atoms with E-state index >= 15 is 0 Å². The highest BCUT2D eigenvalue weighted by Crippen LogP contribution is 2.16. The first-order valence-electron chi connectivity index (χ1n) is 8.30. The molecular formula is C18H23FN2O4S2. The lowest BCUT2D eigenvalue weighted by atomic mass is 10.2. The van der Waals surface area contributed by atoms with Crippen LogP contribution in [-0.4, -0.2) is 44.3 Å². The molecule has 1 aromatic heterocycles. The molecule has 0 saturated carbocycles. The molecule has 0 aliphatic heterocycles. The molecule has 0 spiro atoms. The maximum atomic E-state index is 13.9. The average Bonchev–Trinajstić information content (AvgIpc) is 3.02. The van der Waals surface area contributed by atoms with Crippen molar-refractivity contribution in [1.82, 2.24) is 9.62 Å². The number of likely N-dealkylation sites (N-methyl/N-ethyl adjacent to an activating group) is 1. The van der Waals surface area contributed by atoms with E-state index in [1.54, 1.807) is 26.1 Å². The van der Waals surface area contributed by atoms with Gasteiger partial charge in [0.15, 0.2) is 0 Å². The van der Waals surface area contributed by atoms with Gasteiger partial charge in [0.25, 0.3) is 0 Å². The van der Waals surface area contributed by atoms with E-state index in [0.29, 0.717) is 11.5 Å². The van der Waals surface area contributed by atoms with Gasteiger partial charge in [0.1, 0.15) is 28.3 Å². The first kappa shape index (κ1) is 21.5. The van der Waals surface area contributed by atoms with Crippen LogP contribution in [-0.2, 0) is 21.4 Å². The van der Waals surface area contributed by atoms with Crippen molar-refractivity contribution in [3.63, 3.8) is 0 Å². The molecular weight excluding hydrogens is 391 g/mol. The van der Waals surface area contributed by atoms with Gasteiger partial charge in [0.05, 0.1) is 6.54 Å². The monoisotopic (exact) mass is 414 g/mol. The van der Waals surface area contributed by atoms with Crippen LogP contribution in [0.25, 0.3) is 0 Å². The summed E-state index contributed by atoms with van der Waals surface area (Å²) in [5, 5.41) is 0. The van der Waals surface area contributed by atoms with Crippen LogP contribution in [0.3, 0.4) is 0 Å². The molecule has 27 heavy (non-hydrogen) atoms. The molecule has 1 amide bonds. The van der Waals surface area contributed by atoms with Crippen molar-refractivity contribution in [2.24, 2.45) is 0 Å². The minimum Gasteiger partial charge on any atom is -0.464 e. The largest absolute Gasteiger partial charge is 0.464 e. The molecule has 2 aromatic rings. The summed E-state index contributed by atoms with van der Waals surface area (Å²) >= 11 is 1.49. The molecule has 1 aromatic carbocycles. The number of nitrogens with one attached hydrogen (secondary N) is 1. The van der Waals surface area contributed by atoms with Gasteiger partial charge in [-0.15, -0.1) is 0 Å². The van der Waals surface area contributed by atoms with Crippen molar-refractivity contribution in [3.8, 4) is 0 Å². The summed E-state index contributed by atoms with van der Waals surface area (Å²) in [4.78, 5) is 13.7. The summed E-state index contributed by atoms with van der Waals surface area (Å²) in [5.74, 6) is 0.636. The van der Waals surface area contributed by atoms with Crippen molar-refractivity contribution in [2.45, 2.75) is 30.8 Å². The lowest BCUT2D eigenvalue weighted by Crippen LogP contribution is -2.47. The highest BCUT2D eigenvalue weighted by molar-refractivity contribution is 7.98. The van der Waals surface area contributed by atoms with Gasteiger partial charge in [-0.05, 0) is 49.6 Å². The fraction of sp³-hybridized carbons (Fsp3) is 0.389. The van der Waals surface area contributed by atoms with Crippen molar-refractivity contribution >= 4 is 27.7 Å². The number of halogens is 1. The van der Waals surface area contributed by atoms with Crippen LogP contribution in [0.2, 0.25) is 0 Å². The zero-order chi connectivity index (χ0) is 20.0. The minimum atomic E-state index is -4.17. The van der Waals surface area contributed by atoms with Crippen molar-refractivity contribution < 1.29 is 22.0 Å². The molecule has 0 aliphatic rings. The number of amides is 1. The quantitative estimate of drug-likeness (QED) is 0.683. The predicted octanol–water partition coefficient (Wildman–Crippen LogP) is 2.79. The molecule has 9 heteroatoms. The van der Waals surface area contributed by atoms with Gasteiger partial charge in [0, 0.05) is 7.05 Å². The maximum absolute atomic E-state index is 13.9. The molecule has 1 atom stereocenters. The highest BCUT2D eigenvalue weighted by Gasteiger charge is 2.29. The SMILES string of the molecule is CSCCC(NS(=O)(=O)c1ccccc1F)C(=O)N(C)Cc1ccc(C)o1. The Morgan fingerprint density at radius 3 is 2.59 bits per heavy atom. The Morgan fingerprint density at radius 1 is 1.30 bits per heavy atom. The highest BCUT2D eigenvalue weighted by atomic mass is 32.2. The molecule has 0 bridgehead atoms. The maximum Gasteiger partial charge on any atom is 0.244 e. The number of carbonyl (C=O) groups excluding carboxylic acids is 1. The summed E-state index contributed by atoms with van der Waals surface area (Å²) in [6.07, 6.45) is 2.15. The Kier molecular flexibility index (Phi) is 7.46. The summed E-state index contributed by atoms with van der Waals surface area (Å²) in [6.45, 7) is 2.01. The van der Waals surface area contributed by atoms with Gasteiger partial charge >= 0.3 is 0 Å². The lowest BCUT2D eigenvalue weighted by Gasteiger charge is -2.24. The molecule has 0 saturated heterocycles. The summed E-state index contributed by atoms with van der Waals surface area (Å²) in [5.41, 5.74) is 0. The van der Waals surface area contributed by atoms with Crippen molar-refractivity contribution in [3.05, 3.63) is 53.7 Å². The third kappa shape index (κ3) is 5.82. The zero-order valence-electron chi connectivity index (χ0n) is 15.4. The second kappa shape index (κ2) is 9.38. The van der Waals surface area contributed by atoms with E-state index in [-0.39, 0.29) is 13.0 Å². The Bertz CT molecular complexity index is 883. The Labute approximate surface area is 163 Å². The molecule has 0 aliphatic carbocycles. The van der Waals surface area contributed by atoms with E-state index < -0.39 is 32.7 Å². The van der Waals surface area contributed by atoms with E-state index in [0.717, 1.165) is 11.8 Å². The summed E-state index contributed by atoms with van der Waals surface area (Å²) in [7, 11) is -2.60. The smallest absolute Gasteiger partial charge is 0.244 e. The number of furan rings is 1. The number of hydrogen-bond acceptors (Lipinski definition) is 5. The molecule has 148 valence electrons. The van der Waals surface area contributed by atoms with Crippen LogP contribution in [0.1, 0.15) is 17.9 Å². The van der Waals surface area contributed by atoms with E-state index in [1.807, 2.05) is 6.26 Å². The molecule has 0 radical (unpaired) electrons. The molecule has 2 rings (SSSR count). The van der Waals surface area contributed by atoms with Crippen LogP contribution in [0.5, 0.6) is 0 Å². The molecule has 1 unspecified atom stereocenters. The van der Waals surface area contributed by atoms with Crippen LogP contribution < -0.4 is 4.72 Å². The predicted molar refractivity (Wildman–Crippen MR) is 103 cm³/mol. The normalized spacial score (nSPS) is 12.7. The first-order chi connectivity index (χ1) is 12.7. The van der Waals surface area contributed by atoms with Gasteiger partial charge in [0.2, 0.25) is 15.9 Å². The molecule has 0 fully saturated rings. The molecule has 1 heterocycles. The third-order valence-corrected chi connectivity index (χ3v) is 6.05. The van der Waals surface area contributed by atoms with Gasteiger partial charge in [-0.25, -0.2) is 12.8 Å². The van der Waals surface area contributed by atoms with Gasteiger partial charge in [-0.1, -0.05) is 12.1 Å². The van der Waals surface area contributed by atoms with Gasteiger partial charge < -0.3 is 9.32 Å². The van der Waals surface area contributed by atoms with Crippen molar-refractivity contribution in [2.75, 3.05) is 19.1 Å². The summed E-state index contributed by atoms with van der Waals surface area (Å²) < 4.78 is 46.9. The molecule has 1 N–H and O–H groups in total. The fourth-order valence-corrected chi connectivity index (χ4v) is 4.30. The van der Waals surface area contributed by atoms with Crippen LogP contribution in [0, 0.1) is 12.7 Å². The third-order valence-electron chi connectivity index (χ3n) is 3.90. The van der Waals surface area contributed by atoms with Crippen LogP contribution in [0.15, 0.2) is 45.7 Å². The van der Waals surface area contributed by atoms with E-state index in [9.17, 15) is 17.6 Å². The Morgan fingerprint density at radius 2 is 2.00 bits per heavy atom. The number of benzene rings is 1. The number of aryl methyl sites for hydroxylation is 1. The lowest BCUT2D eigenvalue weighted by molar-refractivity contribution is -0.132. The molecule has 6 nitrogen and oxygen atoms in total. The number of rotatable bonds is 9. The Hall–Kier alpha value is -1.84. The fourth-order valence-electron chi connectivity index (χ4n) is 2.53. The van der Waals surface area contributed by atoms with E-state index in [4.69, 9.17) is 4.42 Å². The second-order valence-electron chi connectivity index (χ2n) is 6.09. The van der Waals surface area contributed by atoms with E-state index in [1.165, 1.54) is 34.9 Å². The standard InChI is InChI=1S/C18H23FN2O4S2/c1-13-8-9-14(25-13)12-21(2)18(22)16(10-11-26-3)20-27(23,24)17-7-5-4-6-15(17)19/h4-9,16,20H,10-12H2,1-3H3. The topological polar surface area (TPSA) is 79.6 Å². The minimum absolute atomic E-state index is 0.212. The van der Waals surface area contributed by atoms with Crippen LogP contribution >= 0.6 is 11.8 Å². The van der Waals surface area contributed by atoms with Crippen LogP contribution in [0.4, 0.5) is 4.39 Å². The van der Waals surface area contributed by atoms with Crippen molar-refractivity contribution in [1.29, 1.82) is 0 Å². The Balaban J connectivity index is 2.18. The number of thioether (sulfide) groups is 1. The summed E-state index contributed by atoms with van der Waals surface area (Å²) in [6, 6.07) is 7.63. The number of hydrogen-bond donors (Lipinski definition) is 1. The average molecular weight is 415 g/mol. The number of carbonyl (C=O) groups is 1.